The maximum atomic E-state index is 11.1. The number of rotatable bonds is 2. The van der Waals surface area contributed by atoms with Crippen LogP contribution in [0, 0.1) is 13.1 Å². The molecule has 0 unspecified atom stereocenters. The summed E-state index contributed by atoms with van der Waals surface area (Å²) in [4.78, 5) is 28.1. The van der Waals surface area contributed by atoms with Gasteiger partial charge in [0.25, 0.3) is 5.24 Å². The maximum Gasteiger partial charge on any atom is 0.365 e. The molecule has 154 valence electrons. The Labute approximate surface area is 180 Å². The topological polar surface area (TPSA) is 89.4 Å². The first-order valence-corrected chi connectivity index (χ1v) is 13.1. The lowest BCUT2D eigenvalue weighted by molar-refractivity contribution is 0.108. The van der Waals surface area contributed by atoms with E-state index < -0.39 is 19.0 Å². The number of hydrogen-bond acceptors (Lipinski definition) is 4. The van der Waals surface area contributed by atoms with Crippen LogP contribution in [-0.2, 0) is 0 Å². The molecule has 8 nitrogen and oxygen atoms in total. The fourth-order valence-corrected chi connectivity index (χ4v) is 1.88. The van der Waals surface area contributed by atoms with Gasteiger partial charge in [0.05, 0.1) is 18.8 Å². The highest BCUT2D eigenvalue weighted by molar-refractivity contribution is 6.74. The van der Waals surface area contributed by atoms with Gasteiger partial charge in [-0.25, -0.2) is 19.6 Å². The number of benzene rings is 2. The fraction of sp³-hybridized carbons (Fsp3) is 0.200. The van der Waals surface area contributed by atoms with Crippen LogP contribution in [0.15, 0.2) is 53.3 Å². The van der Waals surface area contributed by atoms with Crippen LogP contribution in [0.5, 0.6) is 0 Å². The summed E-state index contributed by atoms with van der Waals surface area (Å²) in [5.41, 5.74) is 1.35. The summed E-state index contributed by atoms with van der Waals surface area (Å²) in [5.74, 6) is 0. The standard InChI is InChI=1S/C8H4ClNO.C8H5N5O.C4H12Si/c1-10-7-4-2-3-6(5-7)8(9)11;1-9-6-3-2-4-7(5-6)13-8(14)10-11-12-13;1-5(2,3)4/h2-5H;2-5H,(H,10,12,14);1-4H3. The minimum Gasteiger partial charge on any atom is -0.276 e. The molecule has 0 amide bonds. The molecule has 0 saturated carbocycles. The Kier molecular flexibility index (Phi) is 9.36. The summed E-state index contributed by atoms with van der Waals surface area (Å²) < 4.78 is 1.09. The smallest absolute Gasteiger partial charge is 0.276 e. The predicted molar refractivity (Wildman–Crippen MR) is 120 cm³/mol. The summed E-state index contributed by atoms with van der Waals surface area (Å²) in [6.45, 7) is 22.8. The van der Waals surface area contributed by atoms with Crippen LogP contribution in [0.4, 0.5) is 11.4 Å². The number of carbonyl (C=O) groups excluding carboxylic acids is 1. The van der Waals surface area contributed by atoms with Crippen molar-refractivity contribution in [2.45, 2.75) is 26.2 Å². The number of carbonyl (C=O) groups is 1. The number of nitrogens with one attached hydrogen (secondary N) is 1. The summed E-state index contributed by atoms with van der Waals surface area (Å²) in [7, 11) is -0.611. The van der Waals surface area contributed by atoms with Crippen LogP contribution in [0.1, 0.15) is 10.4 Å². The molecule has 1 heterocycles. The molecule has 0 saturated heterocycles. The quantitative estimate of drug-likeness (QED) is 0.342. The summed E-state index contributed by atoms with van der Waals surface area (Å²) >= 11 is 5.19. The molecule has 0 radical (unpaired) electrons. The van der Waals surface area contributed by atoms with Crippen molar-refractivity contribution in [3.05, 3.63) is 87.4 Å². The Balaban J connectivity index is 0.000000251. The van der Waals surface area contributed by atoms with E-state index in [1.165, 1.54) is 6.07 Å². The second-order valence-corrected chi connectivity index (χ2v) is 13.8. The zero-order chi connectivity index (χ0) is 22.7. The van der Waals surface area contributed by atoms with E-state index >= 15 is 0 Å². The Morgan fingerprint density at radius 1 is 1.03 bits per heavy atom. The SMILES string of the molecule is C[Si](C)(C)C.[C-]#[N+]c1cccc(-n2nn[nH]c2=O)c1.[C-]#[N+]c1cccc(C(=O)Cl)c1. The average Bonchev–Trinajstić information content (AvgIpc) is 3.13. The molecular formula is C20H21ClN6O2Si. The molecule has 10 heteroatoms. The Hall–Kier alpha value is -3.53. The molecular weight excluding hydrogens is 420 g/mol. The lowest BCUT2D eigenvalue weighted by atomic mass is 10.2. The highest BCUT2D eigenvalue weighted by atomic mass is 35.5. The van der Waals surface area contributed by atoms with Crippen LogP contribution in [0.3, 0.4) is 0 Å². The first-order chi connectivity index (χ1) is 14.0. The van der Waals surface area contributed by atoms with Crippen LogP contribution < -0.4 is 5.69 Å². The van der Waals surface area contributed by atoms with Crippen molar-refractivity contribution >= 4 is 36.3 Å². The van der Waals surface area contributed by atoms with Gasteiger partial charge in [0, 0.05) is 13.6 Å². The second-order valence-electron chi connectivity index (χ2n) is 7.49. The number of aromatic amines is 1. The molecule has 0 fully saturated rings. The normalized spacial score (nSPS) is 9.70. The van der Waals surface area contributed by atoms with Gasteiger partial charge in [0.2, 0.25) is 0 Å². The van der Waals surface area contributed by atoms with E-state index in [-0.39, 0.29) is 0 Å². The van der Waals surface area contributed by atoms with Crippen LogP contribution in [0.25, 0.3) is 15.4 Å². The number of nitrogens with zero attached hydrogens (tertiary/aromatic N) is 5. The third-order valence-electron chi connectivity index (χ3n) is 2.88. The van der Waals surface area contributed by atoms with E-state index in [9.17, 15) is 9.59 Å². The zero-order valence-electron chi connectivity index (χ0n) is 17.0. The molecule has 0 aliphatic rings. The maximum absolute atomic E-state index is 11.1. The van der Waals surface area contributed by atoms with Crippen molar-refractivity contribution in [3.8, 4) is 5.69 Å². The minimum absolute atomic E-state index is 0.361. The van der Waals surface area contributed by atoms with E-state index in [4.69, 9.17) is 24.7 Å². The lowest BCUT2D eigenvalue weighted by Crippen LogP contribution is -2.15. The van der Waals surface area contributed by atoms with Crippen molar-refractivity contribution < 1.29 is 4.79 Å². The minimum atomic E-state index is -0.611. The third-order valence-corrected chi connectivity index (χ3v) is 3.10. The summed E-state index contributed by atoms with van der Waals surface area (Å²) in [5, 5.41) is 8.55. The van der Waals surface area contributed by atoms with Gasteiger partial charge in [-0.15, -0.1) is 0 Å². The Bertz CT molecular complexity index is 1130. The van der Waals surface area contributed by atoms with Crippen molar-refractivity contribution in [1.29, 1.82) is 0 Å². The van der Waals surface area contributed by atoms with Gasteiger partial charge in [-0.05, 0) is 40.2 Å². The summed E-state index contributed by atoms with van der Waals surface area (Å²) in [6.07, 6.45) is 0. The molecule has 3 rings (SSSR count). The fourth-order valence-electron chi connectivity index (χ4n) is 1.76. The van der Waals surface area contributed by atoms with E-state index in [0.717, 1.165) is 4.68 Å². The first kappa shape index (κ1) is 24.5. The van der Waals surface area contributed by atoms with E-state index in [1.54, 1.807) is 42.5 Å². The molecule has 30 heavy (non-hydrogen) atoms. The van der Waals surface area contributed by atoms with Crippen molar-refractivity contribution in [2.24, 2.45) is 0 Å². The molecule has 0 bridgehead atoms. The number of halogens is 1. The van der Waals surface area contributed by atoms with Crippen LogP contribution in [0.2, 0.25) is 26.2 Å². The molecule has 1 aromatic heterocycles. The van der Waals surface area contributed by atoms with Gasteiger partial charge in [-0.2, -0.15) is 4.68 Å². The third kappa shape index (κ3) is 9.11. The van der Waals surface area contributed by atoms with E-state index in [2.05, 4.69) is 51.4 Å². The Morgan fingerprint density at radius 2 is 1.57 bits per heavy atom. The largest absolute Gasteiger partial charge is 0.365 e. The monoisotopic (exact) mass is 440 g/mol. The number of H-pyrrole nitrogens is 1. The molecule has 2 aromatic carbocycles. The number of tetrazole rings is 1. The van der Waals surface area contributed by atoms with Crippen LogP contribution in [-0.4, -0.2) is 33.5 Å². The molecule has 3 aromatic rings. The van der Waals surface area contributed by atoms with Gasteiger partial charge >= 0.3 is 5.69 Å². The van der Waals surface area contributed by atoms with Gasteiger partial charge in [0.15, 0.2) is 11.4 Å². The zero-order valence-corrected chi connectivity index (χ0v) is 18.8. The molecule has 0 aliphatic heterocycles. The van der Waals surface area contributed by atoms with Crippen LogP contribution >= 0.6 is 11.6 Å². The van der Waals surface area contributed by atoms with Gasteiger partial charge < -0.3 is 0 Å². The van der Waals surface area contributed by atoms with Gasteiger partial charge in [-0.1, -0.05) is 56.5 Å². The number of aromatic nitrogens is 4. The van der Waals surface area contributed by atoms with Crippen molar-refractivity contribution in [3.63, 3.8) is 0 Å². The molecule has 0 atom stereocenters. The molecule has 1 N–H and O–H groups in total. The molecule has 0 aliphatic carbocycles. The highest BCUT2D eigenvalue weighted by Gasteiger charge is 2.03. The van der Waals surface area contributed by atoms with E-state index in [1.807, 2.05) is 0 Å². The average molecular weight is 441 g/mol. The predicted octanol–water partition coefficient (Wildman–Crippen LogP) is 5.08. The highest BCUT2D eigenvalue weighted by Crippen LogP contribution is 2.15. The van der Waals surface area contributed by atoms with Crippen molar-refractivity contribution in [1.82, 2.24) is 20.2 Å². The first-order valence-electron chi connectivity index (χ1n) is 8.71. The lowest BCUT2D eigenvalue weighted by Gasteiger charge is -2.01. The Morgan fingerprint density at radius 3 is 2.03 bits per heavy atom. The summed E-state index contributed by atoms with van der Waals surface area (Å²) in [6, 6.07) is 12.9. The van der Waals surface area contributed by atoms with E-state index in [0.29, 0.717) is 22.6 Å². The van der Waals surface area contributed by atoms with Crippen molar-refractivity contribution in [2.75, 3.05) is 0 Å². The second kappa shape index (κ2) is 11.5. The number of hydrogen-bond donors (Lipinski definition) is 1. The van der Waals surface area contributed by atoms with Gasteiger partial charge in [-0.3, -0.25) is 4.79 Å². The van der Waals surface area contributed by atoms with Gasteiger partial charge in [0.1, 0.15) is 0 Å². The molecule has 0 spiro atoms.